The topological polar surface area (TPSA) is 83.1 Å². The number of halogens is 2. The summed E-state index contributed by atoms with van der Waals surface area (Å²) in [6, 6.07) is 17.4. The minimum absolute atomic E-state index is 0.287. The quantitative estimate of drug-likeness (QED) is 0.120. The summed E-state index contributed by atoms with van der Waals surface area (Å²) in [6.45, 7) is 7.89. The van der Waals surface area contributed by atoms with E-state index in [1.54, 1.807) is 12.1 Å². The van der Waals surface area contributed by atoms with Crippen LogP contribution in [0.2, 0.25) is 10.0 Å². The Balaban J connectivity index is 1.62. The number of aromatic nitrogens is 3. The van der Waals surface area contributed by atoms with Crippen molar-refractivity contribution in [2.75, 3.05) is 6.54 Å². The molecule has 4 rings (SSSR count). The number of benzene rings is 3. The van der Waals surface area contributed by atoms with E-state index in [9.17, 15) is 10.1 Å². The maximum Gasteiger partial charge on any atom is 0.220 e. The summed E-state index contributed by atoms with van der Waals surface area (Å²) in [7, 11) is 0. The maximum absolute atomic E-state index is 11.6. The zero-order valence-corrected chi connectivity index (χ0v) is 23.2. The van der Waals surface area contributed by atoms with Gasteiger partial charge in [0.25, 0.3) is 0 Å². The van der Waals surface area contributed by atoms with Crippen LogP contribution in [0.1, 0.15) is 38.9 Å². The summed E-state index contributed by atoms with van der Waals surface area (Å²) in [6.07, 6.45) is 0. The average Bonchev–Trinajstić information content (AvgIpc) is 3.20. The van der Waals surface area contributed by atoms with Crippen molar-refractivity contribution >= 4 is 35.0 Å². The predicted molar refractivity (Wildman–Crippen MR) is 148 cm³/mol. The molecule has 0 bridgehead atoms. The van der Waals surface area contributed by atoms with Crippen molar-refractivity contribution in [3.8, 4) is 11.4 Å². The van der Waals surface area contributed by atoms with Crippen LogP contribution in [0.5, 0.6) is 5.75 Å². The maximum atomic E-state index is 11.6. The molecule has 0 unspecified atom stereocenters. The lowest BCUT2D eigenvalue weighted by atomic mass is 10.1. The molecule has 0 saturated carbocycles. The molecule has 0 N–H and O–H groups in total. The fourth-order valence-electron chi connectivity index (χ4n) is 3.80. The fourth-order valence-corrected chi connectivity index (χ4v) is 5.56. The Morgan fingerprint density at radius 1 is 0.973 bits per heavy atom. The van der Waals surface area contributed by atoms with Crippen LogP contribution < -0.4 is 4.74 Å². The smallest absolute Gasteiger partial charge is 0.220 e. The number of ether oxygens (including phenoxy) is 1. The Labute approximate surface area is 229 Å². The number of aryl methyl sites for hydroxylation is 4. The summed E-state index contributed by atoms with van der Waals surface area (Å²) in [5.74, 6) is 1.02. The van der Waals surface area contributed by atoms with Gasteiger partial charge in [0, 0.05) is 10.6 Å². The van der Waals surface area contributed by atoms with E-state index in [0.29, 0.717) is 28.9 Å². The van der Waals surface area contributed by atoms with Crippen LogP contribution in [0.3, 0.4) is 0 Å². The van der Waals surface area contributed by atoms with Gasteiger partial charge in [-0.15, -0.1) is 10.2 Å². The van der Waals surface area contributed by atoms with E-state index >= 15 is 0 Å². The second kappa shape index (κ2) is 11.5. The lowest BCUT2D eigenvalue weighted by Gasteiger charge is -2.17. The molecule has 0 saturated heterocycles. The van der Waals surface area contributed by atoms with E-state index < -0.39 is 5.25 Å². The van der Waals surface area contributed by atoms with Gasteiger partial charge in [0.1, 0.15) is 17.7 Å². The molecule has 1 heterocycles. The number of thioether (sulfide) groups is 1. The first-order valence-electron chi connectivity index (χ1n) is 11.6. The van der Waals surface area contributed by atoms with Gasteiger partial charge in [0.15, 0.2) is 10.9 Å². The van der Waals surface area contributed by atoms with Crippen molar-refractivity contribution in [2.24, 2.45) is 0 Å². The second-order valence-electron chi connectivity index (χ2n) is 8.84. The van der Waals surface area contributed by atoms with Crippen LogP contribution in [0, 0.1) is 37.8 Å². The molecule has 0 radical (unpaired) electrons. The second-order valence-corrected chi connectivity index (χ2v) is 10.8. The van der Waals surface area contributed by atoms with Gasteiger partial charge in [-0.2, -0.15) is 0 Å². The Bertz CT molecular complexity index is 1420. The Hall–Kier alpha value is -3.07. The lowest BCUT2D eigenvalue weighted by Crippen LogP contribution is -2.11. The number of nitro groups is 1. The minimum atomic E-state index is -0.606. The molecule has 0 aliphatic heterocycles. The molecule has 0 spiro atoms. The van der Waals surface area contributed by atoms with E-state index in [2.05, 4.69) is 10.2 Å². The molecule has 0 amide bonds. The Morgan fingerprint density at radius 2 is 1.65 bits per heavy atom. The molecule has 10 heteroatoms. The van der Waals surface area contributed by atoms with Crippen LogP contribution in [-0.2, 0) is 6.61 Å². The van der Waals surface area contributed by atoms with Gasteiger partial charge in [-0.3, -0.25) is 14.7 Å². The van der Waals surface area contributed by atoms with E-state index in [-0.39, 0.29) is 21.5 Å². The molecule has 7 nitrogen and oxygen atoms in total. The molecule has 192 valence electrons. The molecular weight excluding hydrogens is 531 g/mol. The third-order valence-corrected chi connectivity index (χ3v) is 7.74. The molecule has 37 heavy (non-hydrogen) atoms. The summed E-state index contributed by atoms with van der Waals surface area (Å²) in [5, 5.41) is 20.6. The summed E-state index contributed by atoms with van der Waals surface area (Å²) >= 11 is 14.3. The van der Waals surface area contributed by atoms with E-state index in [4.69, 9.17) is 27.9 Å². The highest BCUT2D eigenvalue weighted by molar-refractivity contribution is 7.99. The van der Waals surface area contributed by atoms with Crippen molar-refractivity contribution in [1.29, 1.82) is 0 Å². The Kier molecular flexibility index (Phi) is 8.42. The van der Waals surface area contributed by atoms with Crippen molar-refractivity contribution < 1.29 is 9.66 Å². The number of hydrogen-bond acceptors (Lipinski definition) is 6. The van der Waals surface area contributed by atoms with Crippen molar-refractivity contribution in [3.05, 3.63) is 108 Å². The van der Waals surface area contributed by atoms with Gasteiger partial charge in [-0.25, -0.2) is 0 Å². The number of rotatable bonds is 9. The lowest BCUT2D eigenvalue weighted by molar-refractivity contribution is -0.479. The molecule has 4 aromatic rings. The standard InChI is InChI=1S/C27H26Cl2N4O3S/c1-16-5-8-20(9-6-16)15-36-26-23(28)12-21(13-24(26)29)25(14-32(34)35)37-27-31-30-19(4)33(27)22-10-7-17(2)18(3)11-22/h5-13,25H,14-15H2,1-4H3/t25-/m0/s1. The normalized spacial score (nSPS) is 11.9. The third-order valence-electron chi connectivity index (χ3n) is 6.00. The zero-order chi connectivity index (χ0) is 26.7. The molecule has 3 aromatic carbocycles. The van der Waals surface area contributed by atoms with Crippen molar-refractivity contribution in [2.45, 2.75) is 44.7 Å². The molecule has 0 aliphatic rings. The number of nitrogens with zero attached hydrogens (tertiary/aromatic N) is 4. The summed E-state index contributed by atoms with van der Waals surface area (Å²) in [4.78, 5) is 11.2. The van der Waals surface area contributed by atoms with E-state index in [1.165, 1.54) is 17.3 Å². The molecular formula is C27H26Cl2N4O3S. The Morgan fingerprint density at radius 3 is 2.27 bits per heavy atom. The first-order chi connectivity index (χ1) is 17.6. The first-order valence-corrected chi connectivity index (χ1v) is 13.2. The van der Waals surface area contributed by atoms with Gasteiger partial charge < -0.3 is 4.74 Å². The zero-order valence-electron chi connectivity index (χ0n) is 20.9. The summed E-state index contributed by atoms with van der Waals surface area (Å²) < 4.78 is 7.79. The highest BCUT2D eigenvalue weighted by Gasteiger charge is 2.26. The van der Waals surface area contributed by atoms with Crippen LogP contribution >= 0.6 is 35.0 Å². The third kappa shape index (κ3) is 6.44. The van der Waals surface area contributed by atoms with Gasteiger partial charge in [-0.05, 0) is 74.2 Å². The monoisotopic (exact) mass is 556 g/mol. The minimum Gasteiger partial charge on any atom is -0.486 e. The van der Waals surface area contributed by atoms with Crippen molar-refractivity contribution in [1.82, 2.24) is 14.8 Å². The van der Waals surface area contributed by atoms with Crippen LogP contribution in [-0.4, -0.2) is 26.2 Å². The van der Waals surface area contributed by atoms with Crippen LogP contribution in [0.15, 0.2) is 59.8 Å². The molecule has 1 aromatic heterocycles. The van der Waals surface area contributed by atoms with Gasteiger partial charge in [0.2, 0.25) is 6.54 Å². The molecule has 0 fully saturated rings. The highest BCUT2D eigenvalue weighted by atomic mass is 35.5. The molecule has 1 atom stereocenters. The van der Waals surface area contributed by atoms with Crippen LogP contribution in [0.25, 0.3) is 5.69 Å². The SMILES string of the molecule is Cc1ccc(COc2c(Cl)cc([C@H](C[N+](=O)[O-])Sc3nnc(C)n3-c3ccc(C)c(C)c3)cc2Cl)cc1. The largest absolute Gasteiger partial charge is 0.486 e. The van der Waals surface area contributed by atoms with Gasteiger partial charge in [0.05, 0.1) is 10.0 Å². The highest BCUT2D eigenvalue weighted by Crippen LogP contribution is 2.42. The van der Waals surface area contributed by atoms with Crippen LogP contribution in [0.4, 0.5) is 0 Å². The van der Waals surface area contributed by atoms with E-state index in [1.807, 2.05) is 74.7 Å². The first kappa shape index (κ1) is 27.0. The van der Waals surface area contributed by atoms with E-state index in [0.717, 1.165) is 22.4 Å². The van der Waals surface area contributed by atoms with Gasteiger partial charge in [-0.1, -0.05) is 70.9 Å². The number of hydrogen-bond donors (Lipinski definition) is 0. The predicted octanol–water partition coefficient (Wildman–Crippen LogP) is 7.50. The van der Waals surface area contributed by atoms with Gasteiger partial charge >= 0.3 is 0 Å². The van der Waals surface area contributed by atoms with Crippen molar-refractivity contribution in [3.63, 3.8) is 0 Å². The molecule has 0 aliphatic carbocycles. The fraction of sp³-hybridized carbons (Fsp3) is 0.259. The average molecular weight is 558 g/mol. The summed E-state index contributed by atoms with van der Waals surface area (Å²) in [5.41, 5.74) is 5.93.